The molecule has 1 atom stereocenters. The van der Waals surface area contributed by atoms with E-state index < -0.39 is 8.53 Å². The predicted molar refractivity (Wildman–Crippen MR) is 82.2 cm³/mol. The standard InChI is InChI=1S/C13H31N2O4P/c1-11(2)15(12(3)4)20(19-13(5)6)18-10-8-16-7-9-17-14/h11-13H,7-10,14H2,1-6H3. The van der Waals surface area contributed by atoms with E-state index in [1.54, 1.807) is 0 Å². The molecule has 0 aliphatic heterocycles. The minimum atomic E-state index is -1.07. The van der Waals surface area contributed by atoms with Gasteiger partial charge in [-0.05, 0) is 41.5 Å². The zero-order valence-electron chi connectivity index (χ0n) is 13.7. The van der Waals surface area contributed by atoms with Crippen molar-refractivity contribution < 1.29 is 18.6 Å². The van der Waals surface area contributed by atoms with Crippen molar-refractivity contribution in [1.29, 1.82) is 0 Å². The van der Waals surface area contributed by atoms with Crippen LogP contribution >= 0.6 is 8.53 Å². The Balaban J connectivity index is 4.26. The highest BCUT2D eigenvalue weighted by Crippen LogP contribution is 2.46. The van der Waals surface area contributed by atoms with E-state index >= 15 is 0 Å². The minimum Gasteiger partial charge on any atom is -0.377 e. The zero-order chi connectivity index (χ0) is 15.5. The number of rotatable bonds is 12. The van der Waals surface area contributed by atoms with Gasteiger partial charge >= 0.3 is 0 Å². The second-order valence-electron chi connectivity index (χ2n) is 5.28. The van der Waals surface area contributed by atoms with Crippen LogP contribution in [0.2, 0.25) is 0 Å². The molecule has 0 aromatic rings. The van der Waals surface area contributed by atoms with Crippen LogP contribution in [0.15, 0.2) is 0 Å². The van der Waals surface area contributed by atoms with Crippen LogP contribution in [0.4, 0.5) is 0 Å². The van der Waals surface area contributed by atoms with Gasteiger partial charge in [-0.2, -0.15) is 0 Å². The van der Waals surface area contributed by atoms with Crippen molar-refractivity contribution in [3.8, 4) is 0 Å². The van der Waals surface area contributed by atoms with E-state index in [1.165, 1.54) is 0 Å². The normalized spacial score (nSPS) is 13.9. The summed E-state index contributed by atoms with van der Waals surface area (Å²) in [5, 5.41) is 0. The van der Waals surface area contributed by atoms with E-state index in [0.717, 1.165) is 0 Å². The Hall–Kier alpha value is 0.190. The molecule has 0 saturated carbocycles. The fraction of sp³-hybridized carbons (Fsp3) is 1.00. The highest BCUT2D eigenvalue weighted by molar-refractivity contribution is 7.44. The van der Waals surface area contributed by atoms with Gasteiger partial charge < -0.3 is 18.6 Å². The number of hydrogen-bond donors (Lipinski definition) is 1. The molecule has 0 fully saturated rings. The maximum Gasteiger partial charge on any atom is 0.259 e. The van der Waals surface area contributed by atoms with Gasteiger partial charge in [0.05, 0.1) is 32.5 Å². The lowest BCUT2D eigenvalue weighted by Crippen LogP contribution is -2.34. The first-order valence-corrected chi connectivity index (χ1v) is 8.30. The highest BCUT2D eigenvalue weighted by atomic mass is 31.2. The van der Waals surface area contributed by atoms with Crippen LogP contribution in [0.5, 0.6) is 0 Å². The summed E-state index contributed by atoms with van der Waals surface area (Å²) in [6, 6.07) is 0.734. The smallest absolute Gasteiger partial charge is 0.259 e. The molecule has 6 nitrogen and oxygen atoms in total. The molecule has 2 N–H and O–H groups in total. The predicted octanol–water partition coefficient (Wildman–Crippen LogP) is 2.68. The number of hydrogen-bond acceptors (Lipinski definition) is 6. The lowest BCUT2D eigenvalue weighted by molar-refractivity contribution is 0.0322. The first-order chi connectivity index (χ1) is 9.40. The Morgan fingerprint density at radius 1 is 0.900 bits per heavy atom. The van der Waals surface area contributed by atoms with Crippen molar-refractivity contribution in [3.05, 3.63) is 0 Å². The number of ether oxygens (including phenoxy) is 1. The van der Waals surface area contributed by atoms with Gasteiger partial charge in [-0.1, -0.05) is 0 Å². The van der Waals surface area contributed by atoms with Crippen LogP contribution in [0, 0.1) is 0 Å². The number of nitrogens with zero attached hydrogens (tertiary/aromatic N) is 1. The first kappa shape index (κ1) is 20.2. The van der Waals surface area contributed by atoms with Crippen LogP contribution in [-0.2, 0) is 18.6 Å². The molecule has 0 radical (unpaired) electrons. The molecule has 0 spiro atoms. The second kappa shape index (κ2) is 11.8. The van der Waals surface area contributed by atoms with Crippen LogP contribution in [0.1, 0.15) is 41.5 Å². The van der Waals surface area contributed by atoms with Crippen LogP contribution in [0.25, 0.3) is 0 Å². The van der Waals surface area contributed by atoms with E-state index in [-0.39, 0.29) is 6.10 Å². The maximum absolute atomic E-state index is 5.93. The summed E-state index contributed by atoms with van der Waals surface area (Å²) in [6.07, 6.45) is 0.132. The monoisotopic (exact) mass is 310 g/mol. The van der Waals surface area contributed by atoms with Crippen LogP contribution < -0.4 is 5.90 Å². The second-order valence-corrected chi connectivity index (χ2v) is 6.68. The fourth-order valence-electron chi connectivity index (χ4n) is 1.69. The quantitative estimate of drug-likeness (QED) is 0.340. The molecule has 0 aromatic carbocycles. The van der Waals surface area contributed by atoms with E-state index in [4.69, 9.17) is 19.7 Å². The summed E-state index contributed by atoms with van der Waals surface area (Å²) in [6.45, 7) is 14.5. The molecule has 0 aromatic heterocycles. The molecule has 122 valence electrons. The van der Waals surface area contributed by atoms with Gasteiger partial charge in [0.15, 0.2) is 0 Å². The SMILES string of the molecule is CC(C)OP(OCCOCCON)N(C(C)C)C(C)C. The molecule has 0 aliphatic rings. The van der Waals surface area contributed by atoms with Crippen molar-refractivity contribution in [2.24, 2.45) is 5.90 Å². The van der Waals surface area contributed by atoms with Gasteiger partial charge in [-0.15, -0.1) is 0 Å². The Morgan fingerprint density at radius 3 is 1.90 bits per heavy atom. The summed E-state index contributed by atoms with van der Waals surface area (Å²) in [5.41, 5.74) is 0. The zero-order valence-corrected chi connectivity index (χ0v) is 14.6. The van der Waals surface area contributed by atoms with Crippen molar-refractivity contribution >= 4 is 8.53 Å². The number of nitrogens with two attached hydrogens (primary N) is 1. The van der Waals surface area contributed by atoms with Gasteiger partial charge in [-0.25, -0.2) is 10.6 Å². The van der Waals surface area contributed by atoms with E-state index in [0.29, 0.717) is 38.5 Å². The Kier molecular flexibility index (Phi) is 11.9. The maximum atomic E-state index is 5.93. The van der Waals surface area contributed by atoms with Gasteiger partial charge in [0, 0.05) is 12.1 Å². The summed E-state index contributed by atoms with van der Waals surface area (Å²) in [4.78, 5) is 4.43. The average Bonchev–Trinajstić information content (AvgIpc) is 2.31. The molecule has 0 amide bonds. The van der Waals surface area contributed by atoms with Crippen molar-refractivity contribution in [2.45, 2.75) is 59.7 Å². The molecule has 20 heavy (non-hydrogen) atoms. The van der Waals surface area contributed by atoms with Gasteiger partial charge in [-0.3, -0.25) is 0 Å². The minimum absolute atomic E-state index is 0.132. The Labute approximate surface area is 124 Å². The summed E-state index contributed by atoms with van der Waals surface area (Å²) < 4.78 is 19.4. The largest absolute Gasteiger partial charge is 0.377 e. The molecule has 0 bridgehead atoms. The topological polar surface area (TPSA) is 66.2 Å². The molecule has 7 heteroatoms. The van der Waals surface area contributed by atoms with Crippen molar-refractivity contribution in [3.63, 3.8) is 0 Å². The van der Waals surface area contributed by atoms with Gasteiger partial charge in [0.1, 0.15) is 0 Å². The Morgan fingerprint density at radius 2 is 1.45 bits per heavy atom. The Bertz CT molecular complexity index is 222. The summed E-state index contributed by atoms with van der Waals surface area (Å²) >= 11 is 0. The highest BCUT2D eigenvalue weighted by Gasteiger charge is 2.27. The fourth-order valence-corrected chi connectivity index (χ4v) is 3.34. The molecule has 1 unspecified atom stereocenters. The third kappa shape index (κ3) is 9.19. The molecule has 0 rings (SSSR count). The van der Waals surface area contributed by atoms with Gasteiger partial charge in [0.2, 0.25) is 0 Å². The molecule has 0 saturated heterocycles. The first-order valence-electron chi connectivity index (χ1n) is 7.17. The summed E-state index contributed by atoms with van der Waals surface area (Å²) in [7, 11) is -1.07. The van der Waals surface area contributed by atoms with Crippen LogP contribution in [-0.4, -0.2) is 49.3 Å². The van der Waals surface area contributed by atoms with Crippen molar-refractivity contribution in [1.82, 2.24) is 4.67 Å². The van der Waals surface area contributed by atoms with E-state index in [2.05, 4.69) is 37.2 Å². The van der Waals surface area contributed by atoms with E-state index in [9.17, 15) is 0 Å². The average molecular weight is 310 g/mol. The lowest BCUT2D eigenvalue weighted by atomic mass is 10.3. The van der Waals surface area contributed by atoms with E-state index in [1.807, 2.05) is 13.8 Å². The third-order valence-electron chi connectivity index (χ3n) is 2.32. The molecular formula is C13H31N2O4P. The lowest BCUT2D eigenvalue weighted by Gasteiger charge is -2.36. The third-order valence-corrected chi connectivity index (χ3v) is 4.63. The van der Waals surface area contributed by atoms with Crippen molar-refractivity contribution in [2.75, 3.05) is 26.4 Å². The summed E-state index contributed by atoms with van der Waals surface area (Å²) in [5.74, 6) is 4.92. The van der Waals surface area contributed by atoms with Crippen LogP contribution in [0.3, 0.4) is 0 Å². The molecular weight excluding hydrogens is 279 g/mol. The van der Waals surface area contributed by atoms with Gasteiger partial charge in [0.25, 0.3) is 8.53 Å². The molecule has 0 aliphatic carbocycles. The molecule has 0 heterocycles.